The number of nitrogens with two attached hydrogens (primary N) is 1. The molecule has 2 rings (SSSR count). The Morgan fingerprint density at radius 1 is 1.44 bits per heavy atom. The minimum Gasteiger partial charge on any atom is -0.325 e. The predicted molar refractivity (Wildman–Crippen MR) is 60.1 cm³/mol. The lowest BCUT2D eigenvalue weighted by molar-refractivity contribution is -0.385. The summed E-state index contributed by atoms with van der Waals surface area (Å²) in [5, 5.41) is 18.1. The van der Waals surface area contributed by atoms with Gasteiger partial charge in [0.2, 0.25) is 0 Å². The monoisotopic (exact) mass is 251 g/mol. The van der Waals surface area contributed by atoms with Crippen LogP contribution in [-0.2, 0) is 13.1 Å². The first-order chi connectivity index (χ1) is 8.58. The summed E-state index contributed by atoms with van der Waals surface area (Å²) in [6, 6.07) is 3.39. The Kier molecular flexibility index (Phi) is 3.28. The SMILES string of the molecule is NCc1cn(Cc2cc(F)cc([N+](=O)[O-])c2)nn1. The van der Waals surface area contributed by atoms with Crippen LogP contribution in [0.3, 0.4) is 0 Å². The summed E-state index contributed by atoms with van der Waals surface area (Å²) >= 11 is 0. The molecule has 0 atom stereocenters. The van der Waals surface area contributed by atoms with Crippen molar-refractivity contribution in [3.63, 3.8) is 0 Å². The van der Waals surface area contributed by atoms with E-state index in [2.05, 4.69) is 10.3 Å². The Labute approximate surface area is 101 Å². The summed E-state index contributed by atoms with van der Waals surface area (Å²) in [7, 11) is 0. The van der Waals surface area contributed by atoms with Crippen molar-refractivity contribution in [1.29, 1.82) is 0 Å². The van der Waals surface area contributed by atoms with E-state index in [0.717, 1.165) is 6.07 Å². The quantitative estimate of drug-likeness (QED) is 0.640. The average Bonchev–Trinajstić information content (AvgIpc) is 2.76. The van der Waals surface area contributed by atoms with Crippen molar-refractivity contribution in [2.24, 2.45) is 5.73 Å². The summed E-state index contributed by atoms with van der Waals surface area (Å²) in [5.41, 5.74) is 6.13. The van der Waals surface area contributed by atoms with Crippen LogP contribution in [0.5, 0.6) is 0 Å². The van der Waals surface area contributed by atoms with Gasteiger partial charge in [-0.05, 0) is 11.6 Å². The Bertz CT molecular complexity index is 583. The van der Waals surface area contributed by atoms with Gasteiger partial charge in [0.25, 0.3) is 5.69 Å². The highest BCUT2D eigenvalue weighted by Gasteiger charge is 2.10. The number of nitrogens with zero attached hydrogens (tertiary/aromatic N) is 4. The van der Waals surface area contributed by atoms with Crippen molar-refractivity contribution in [3.8, 4) is 0 Å². The molecule has 7 nitrogen and oxygen atoms in total. The van der Waals surface area contributed by atoms with Crippen LogP contribution in [0.25, 0.3) is 0 Å². The van der Waals surface area contributed by atoms with Gasteiger partial charge >= 0.3 is 0 Å². The van der Waals surface area contributed by atoms with E-state index < -0.39 is 10.7 Å². The molecule has 0 radical (unpaired) electrons. The fourth-order valence-corrected chi connectivity index (χ4v) is 1.53. The van der Waals surface area contributed by atoms with Crippen molar-refractivity contribution in [3.05, 3.63) is 51.6 Å². The maximum Gasteiger partial charge on any atom is 0.272 e. The van der Waals surface area contributed by atoms with Crippen LogP contribution < -0.4 is 5.73 Å². The van der Waals surface area contributed by atoms with Gasteiger partial charge in [-0.1, -0.05) is 5.21 Å². The third-order valence-electron chi connectivity index (χ3n) is 2.29. The lowest BCUT2D eigenvalue weighted by atomic mass is 10.2. The lowest BCUT2D eigenvalue weighted by Crippen LogP contribution is -2.02. The van der Waals surface area contributed by atoms with Gasteiger partial charge in [-0.25, -0.2) is 9.07 Å². The molecule has 0 saturated carbocycles. The summed E-state index contributed by atoms with van der Waals surface area (Å²) in [5.74, 6) is -0.654. The zero-order chi connectivity index (χ0) is 13.1. The molecule has 0 saturated heterocycles. The lowest BCUT2D eigenvalue weighted by Gasteiger charge is -2.01. The Hall–Kier alpha value is -2.35. The number of hydrogen-bond acceptors (Lipinski definition) is 5. The van der Waals surface area contributed by atoms with Crippen molar-refractivity contribution >= 4 is 5.69 Å². The molecule has 0 aliphatic carbocycles. The molecule has 1 aromatic heterocycles. The number of hydrogen-bond donors (Lipinski definition) is 1. The van der Waals surface area contributed by atoms with Gasteiger partial charge in [0.15, 0.2) is 0 Å². The average molecular weight is 251 g/mol. The molecule has 94 valence electrons. The molecule has 0 aliphatic heterocycles. The molecule has 1 aromatic carbocycles. The maximum atomic E-state index is 13.2. The van der Waals surface area contributed by atoms with E-state index >= 15 is 0 Å². The van der Waals surface area contributed by atoms with E-state index in [1.807, 2.05) is 0 Å². The van der Waals surface area contributed by atoms with Gasteiger partial charge in [0.1, 0.15) is 5.82 Å². The number of halogens is 1. The highest BCUT2D eigenvalue weighted by atomic mass is 19.1. The van der Waals surface area contributed by atoms with Gasteiger partial charge in [-0.3, -0.25) is 10.1 Å². The molecular weight excluding hydrogens is 241 g/mol. The topological polar surface area (TPSA) is 99.9 Å². The van der Waals surface area contributed by atoms with Gasteiger partial charge in [-0.15, -0.1) is 5.10 Å². The maximum absolute atomic E-state index is 13.2. The highest BCUT2D eigenvalue weighted by molar-refractivity contribution is 5.35. The van der Waals surface area contributed by atoms with E-state index in [1.165, 1.54) is 16.8 Å². The minimum atomic E-state index is -0.654. The molecule has 0 spiro atoms. The van der Waals surface area contributed by atoms with E-state index in [1.54, 1.807) is 6.20 Å². The van der Waals surface area contributed by atoms with Crippen molar-refractivity contribution in [1.82, 2.24) is 15.0 Å². The molecule has 0 bridgehead atoms. The molecular formula is C10H10FN5O2. The zero-order valence-electron chi connectivity index (χ0n) is 9.28. The van der Waals surface area contributed by atoms with Crippen LogP contribution in [0.15, 0.2) is 24.4 Å². The number of nitro groups is 1. The van der Waals surface area contributed by atoms with Gasteiger partial charge in [-0.2, -0.15) is 0 Å². The first-order valence-electron chi connectivity index (χ1n) is 5.11. The third kappa shape index (κ3) is 2.66. The van der Waals surface area contributed by atoms with Crippen molar-refractivity contribution < 1.29 is 9.31 Å². The molecule has 2 aromatic rings. The molecule has 0 aliphatic rings. The Morgan fingerprint density at radius 2 is 2.22 bits per heavy atom. The number of aromatic nitrogens is 3. The molecule has 0 fully saturated rings. The van der Waals surface area contributed by atoms with Gasteiger partial charge in [0.05, 0.1) is 29.4 Å². The number of non-ortho nitro benzene ring substituents is 1. The van der Waals surface area contributed by atoms with Crippen LogP contribution in [0.1, 0.15) is 11.3 Å². The van der Waals surface area contributed by atoms with Crippen molar-refractivity contribution in [2.75, 3.05) is 0 Å². The Balaban J connectivity index is 2.25. The second-order valence-electron chi connectivity index (χ2n) is 3.69. The molecule has 18 heavy (non-hydrogen) atoms. The number of rotatable bonds is 4. The Morgan fingerprint density at radius 3 is 2.83 bits per heavy atom. The first-order valence-corrected chi connectivity index (χ1v) is 5.11. The second-order valence-corrected chi connectivity index (χ2v) is 3.69. The van der Waals surface area contributed by atoms with Crippen LogP contribution in [0.4, 0.5) is 10.1 Å². The molecule has 1 heterocycles. The summed E-state index contributed by atoms with van der Waals surface area (Å²) < 4.78 is 14.6. The summed E-state index contributed by atoms with van der Waals surface area (Å²) in [6.07, 6.45) is 1.61. The smallest absolute Gasteiger partial charge is 0.272 e. The van der Waals surface area contributed by atoms with Crippen LogP contribution >= 0.6 is 0 Å². The van der Waals surface area contributed by atoms with E-state index in [4.69, 9.17) is 5.73 Å². The molecule has 0 unspecified atom stereocenters. The van der Waals surface area contributed by atoms with Crippen molar-refractivity contribution in [2.45, 2.75) is 13.1 Å². The zero-order valence-corrected chi connectivity index (χ0v) is 9.28. The van der Waals surface area contributed by atoms with E-state index in [9.17, 15) is 14.5 Å². The molecule has 0 amide bonds. The minimum absolute atomic E-state index is 0.200. The molecule has 8 heteroatoms. The third-order valence-corrected chi connectivity index (χ3v) is 2.29. The van der Waals surface area contributed by atoms with Crippen LogP contribution in [0.2, 0.25) is 0 Å². The number of nitro benzene ring substituents is 1. The fraction of sp³-hybridized carbons (Fsp3) is 0.200. The predicted octanol–water partition coefficient (Wildman–Crippen LogP) is 0.832. The largest absolute Gasteiger partial charge is 0.325 e. The standard InChI is InChI=1S/C10H10FN5O2/c11-8-1-7(2-10(3-8)16(17)18)5-15-6-9(4-12)13-14-15/h1-3,6H,4-5,12H2. The van der Waals surface area contributed by atoms with Crippen LogP contribution in [-0.4, -0.2) is 19.9 Å². The van der Waals surface area contributed by atoms with E-state index in [0.29, 0.717) is 11.3 Å². The van der Waals surface area contributed by atoms with Crippen LogP contribution in [0, 0.1) is 15.9 Å². The fourth-order valence-electron chi connectivity index (χ4n) is 1.53. The first kappa shape index (κ1) is 12.1. The van der Waals surface area contributed by atoms with Gasteiger partial charge in [0, 0.05) is 12.6 Å². The van der Waals surface area contributed by atoms with E-state index in [-0.39, 0.29) is 18.8 Å². The second kappa shape index (κ2) is 4.88. The normalized spacial score (nSPS) is 10.6. The number of benzene rings is 1. The summed E-state index contributed by atoms with van der Waals surface area (Å²) in [4.78, 5) is 9.96. The summed E-state index contributed by atoms with van der Waals surface area (Å²) in [6.45, 7) is 0.453. The highest BCUT2D eigenvalue weighted by Crippen LogP contribution is 2.16. The van der Waals surface area contributed by atoms with Gasteiger partial charge < -0.3 is 5.73 Å². The molecule has 2 N–H and O–H groups in total.